The molecule has 0 radical (unpaired) electrons. The van der Waals surface area contributed by atoms with Crippen molar-refractivity contribution >= 4 is 40.4 Å². The Morgan fingerprint density at radius 1 is 1.02 bits per heavy atom. The molecule has 15 nitrogen and oxygen atoms in total. The van der Waals surface area contributed by atoms with Crippen molar-refractivity contribution in [1.82, 2.24) is 0 Å². The maximum absolute atomic E-state index is 14.2. The number of amides is 1. The van der Waals surface area contributed by atoms with E-state index in [9.17, 15) is 54.6 Å². The highest BCUT2D eigenvalue weighted by molar-refractivity contribution is 6.31. The van der Waals surface area contributed by atoms with Gasteiger partial charge in [-0.1, -0.05) is 18.2 Å². The molecule has 6 rings (SSSR count). The van der Waals surface area contributed by atoms with E-state index < -0.39 is 107 Å². The average Bonchev–Trinajstić information content (AvgIpc) is 3.06. The van der Waals surface area contributed by atoms with E-state index in [-0.39, 0.29) is 37.1 Å². The molecule has 268 valence electrons. The lowest BCUT2D eigenvalue weighted by Crippen LogP contribution is -2.68. The molecule has 0 aromatic heterocycles. The fraction of sp³-hybridized carbons (Fsp3) is 0.514. The van der Waals surface area contributed by atoms with Crippen LogP contribution < -0.4 is 20.7 Å². The molecule has 3 fully saturated rings. The number of Topliss-reactive ketones (excluding diaryl/α,β-unsaturated/α-hetero) is 4. The Kier molecular flexibility index (Phi) is 9.24. The van der Waals surface area contributed by atoms with Crippen LogP contribution in [0.1, 0.15) is 40.7 Å². The summed E-state index contributed by atoms with van der Waals surface area (Å²) in [6.45, 7) is -0.389. The molecule has 2 aromatic carbocycles. The first-order valence-corrected chi connectivity index (χ1v) is 16.5. The van der Waals surface area contributed by atoms with E-state index in [1.165, 1.54) is 0 Å². The lowest BCUT2D eigenvalue weighted by Gasteiger charge is -2.48. The van der Waals surface area contributed by atoms with Gasteiger partial charge in [-0.15, -0.1) is 0 Å². The normalized spacial score (nSPS) is 33.6. The topological polar surface area (TPSA) is 257 Å². The van der Waals surface area contributed by atoms with Gasteiger partial charge < -0.3 is 51.3 Å². The van der Waals surface area contributed by atoms with E-state index >= 15 is 0 Å². The number of ether oxygens (including phenoxy) is 1. The van der Waals surface area contributed by atoms with Crippen molar-refractivity contribution < 1.29 is 59.3 Å². The third kappa shape index (κ3) is 5.53. The minimum absolute atomic E-state index is 0.0177. The Morgan fingerprint density at radius 2 is 1.72 bits per heavy atom. The van der Waals surface area contributed by atoms with Gasteiger partial charge in [0.25, 0.3) is 0 Å². The highest BCUT2D eigenvalue weighted by atomic mass is 16.5. The van der Waals surface area contributed by atoms with Crippen LogP contribution in [0.25, 0.3) is 0 Å². The lowest BCUT2D eigenvalue weighted by molar-refractivity contribution is -0.175. The van der Waals surface area contributed by atoms with Crippen molar-refractivity contribution in [3.8, 4) is 11.5 Å². The zero-order valence-corrected chi connectivity index (χ0v) is 27.5. The molecule has 2 aromatic rings. The SMILES string of the molecule is CN(C)c1cc(NCc2ccccc2O[C@H]2C[C@@H](CO)[C@@H](O)[C@@H](O)[C@H]2O)c(O)c2c1C[C@H]1C[C@H]3CC(=O)C(C(N)=O)C(=O)[C@@]3(O)C(=O)C1C2=O. The average molecular weight is 696 g/mol. The number of aromatic hydroxyl groups is 1. The predicted molar refractivity (Wildman–Crippen MR) is 174 cm³/mol. The summed E-state index contributed by atoms with van der Waals surface area (Å²) >= 11 is 0. The summed E-state index contributed by atoms with van der Waals surface area (Å²) in [6.07, 6.45) is -5.48. The first-order valence-electron chi connectivity index (χ1n) is 16.5. The number of ketones is 4. The second-order valence-corrected chi connectivity index (χ2v) is 14.0. The zero-order valence-electron chi connectivity index (χ0n) is 27.5. The molecule has 1 amide bonds. The first kappa shape index (κ1) is 35.4. The van der Waals surface area contributed by atoms with Crippen LogP contribution in [0.4, 0.5) is 11.4 Å². The summed E-state index contributed by atoms with van der Waals surface area (Å²) in [7, 11) is 3.48. The molecule has 4 aliphatic carbocycles. The molecule has 2 unspecified atom stereocenters. The largest absolute Gasteiger partial charge is 0.505 e. The van der Waals surface area contributed by atoms with Crippen molar-refractivity contribution in [2.45, 2.75) is 62.2 Å². The van der Waals surface area contributed by atoms with Crippen LogP contribution in [0.5, 0.6) is 11.5 Å². The Hall–Kier alpha value is -4.41. The van der Waals surface area contributed by atoms with E-state index in [0.29, 0.717) is 22.6 Å². The molecule has 0 bridgehead atoms. The summed E-state index contributed by atoms with van der Waals surface area (Å²) in [5, 5.41) is 66.9. The van der Waals surface area contributed by atoms with Crippen molar-refractivity contribution in [3.63, 3.8) is 0 Å². The molecule has 0 heterocycles. The van der Waals surface area contributed by atoms with Crippen LogP contribution in [0.2, 0.25) is 0 Å². The van der Waals surface area contributed by atoms with Crippen LogP contribution in [0, 0.1) is 29.6 Å². The second-order valence-electron chi connectivity index (χ2n) is 14.0. The number of hydrogen-bond donors (Lipinski definition) is 8. The van der Waals surface area contributed by atoms with Gasteiger partial charge in [-0.3, -0.25) is 24.0 Å². The number of rotatable bonds is 8. The number of hydrogen-bond acceptors (Lipinski definition) is 14. The molecule has 0 spiro atoms. The predicted octanol–water partition coefficient (Wildman–Crippen LogP) is -1.15. The number of aliphatic hydroxyl groups is 5. The van der Waals surface area contributed by atoms with Gasteiger partial charge in [-0.05, 0) is 42.9 Å². The molecule has 9 N–H and O–H groups in total. The van der Waals surface area contributed by atoms with Gasteiger partial charge in [0, 0.05) is 56.8 Å². The number of phenolic OH excluding ortho intramolecular Hbond substituents is 1. The Balaban J connectivity index is 1.30. The van der Waals surface area contributed by atoms with Crippen LogP contribution in [-0.4, -0.2) is 110 Å². The highest BCUT2D eigenvalue weighted by Crippen LogP contribution is 2.52. The number of para-hydroxylation sites is 1. The van der Waals surface area contributed by atoms with E-state index in [1.807, 2.05) is 0 Å². The Bertz CT molecular complexity index is 1760. The number of carbonyl (C=O) groups is 5. The van der Waals surface area contributed by atoms with Crippen LogP contribution in [0.3, 0.4) is 0 Å². The van der Waals surface area contributed by atoms with E-state index in [0.717, 1.165) is 0 Å². The van der Waals surface area contributed by atoms with Gasteiger partial charge in [0.1, 0.15) is 29.8 Å². The van der Waals surface area contributed by atoms with Gasteiger partial charge in [0.2, 0.25) is 5.91 Å². The highest BCUT2D eigenvalue weighted by Gasteiger charge is 2.66. The zero-order chi connectivity index (χ0) is 36.4. The smallest absolute Gasteiger partial charge is 0.235 e. The first-order chi connectivity index (χ1) is 23.6. The minimum Gasteiger partial charge on any atom is -0.505 e. The number of phenols is 1. The Morgan fingerprint density at radius 3 is 2.38 bits per heavy atom. The minimum atomic E-state index is -2.75. The number of nitrogens with one attached hydrogen (secondary N) is 1. The van der Waals surface area contributed by atoms with Crippen LogP contribution in [0.15, 0.2) is 30.3 Å². The van der Waals surface area contributed by atoms with E-state index in [1.54, 1.807) is 49.3 Å². The van der Waals surface area contributed by atoms with Crippen LogP contribution in [-0.2, 0) is 32.1 Å². The van der Waals surface area contributed by atoms with Crippen molar-refractivity contribution in [2.75, 3.05) is 30.9 Å². The summed E-state index contributed by atoms with van der Waals surface area (Å²) < 4.78 is 6.06. The molecule has 4 aliphatic rings. The number of primary amides is 1. The van der Waals surface area contributed by atoms with Gasteiger partial charge in [-0.25, -0.2) is 0 Å². The van der Waals surface area contributed by atoms with Crippen molar-refractivity contribution in [1.29, 1.82) is 0 Å². The number of fused-ring (bicyclic) bond motifs is 3. The quantitative estimate of drug-likeness (QED) is 0.120. The summed E-state index contributed by atoms with van der Waals surface area (Å²) in [5.41, 5.74) is 4.06. The number of aliphatic hydroxyl groups excluding tert-OH is 4. The fourth-order valence-electron chi connectivity index (χ4n) is 8.25. The standard InChI is InChI=1S/C35H41N3O12/c1-38(2)20-11-19(37-12-14-5-3-4-6-22(14)50-23-9-16(13-39)27(41)31(45)29(23)43)28(42)25-18(20)8-15-7-17-10-21(40)26(34(36)48)33(47)35(17,49)32(46)24(15)30(25)44/h3-6,11,15-17,23-24,26-27,29,31,37,39,41-43,45,49H,7-10,12-13H2,1-2H3,(H2,36,48)/t15-,16+,17+,23+,24?,26?,27-,29+,31-,35+/m1/s1. The molecule has 0 aliphatic heterocycles. The molecular weight excluding hydrogens is 654 g/mol. The summed E-state index contributed by atoms with van der Waals surface area (Å²) in [4.78, 5) is 67.7. The van der Waals surface area contributed by atoms with Crippen molar-refractivity contribution in [3.05, 3.63) is 47.0 Å². The van der Waals surface area contributed by atoms with E-state index in [2.05, 4.69) is 5.32 Å². The molecule has 3 saturated carbocycles. The number of nitrogens with two attached hydrogens (primary N) is 1. The number of benzene rings is 2. The maximum atomic E-state index is 14.2. The lowest BCUT2D eigenvalue weighted by atomic mass is 9.53. The van der Waals surface area contributed by atoms with Crippen molar-refractivity contribution in [2.24, 2.45) is 35.3 Å². The third-order valence-corrected chi connectivity index (χ3v) is 10.9. The Labute approximate surface area is 286 Å². The molecular formula is C35H41N3O12. The molecule has 50 heavy (non-hydrogen) atoms. The van der Waals surface area contributed by atoms with Gasteiger partial charge in [0.05, 0.1) is 23.3 Å². The second kappa shape index (κ2) is 13.0. The third-order valence-electron chi connectivity index (χ3n) is 10.9. The molecule has 15 heteroatoms. The van der Waals surface area contributed by atoms with Crippen LogP contribution >= 0.6 is 0 Å². The van der Waals surface area contributed by atoms with Gasteiger partial charge in [-0.2, -0.15) is 0 Å². The number of carbonyl (C=O) groups excluding carboxylic acids is 5. The van der Waals surface area contributed by atoms with E-state index in [4.69, 9.17) is 10.5 Å². The number of anilines is 2. The fourth-order valence-corrected chi connectivity index (χ4v) is 8.25. The molecule has 10 atom stereocenters. The maximum Gasteiger partial charge on any atom is 0.235 e. The summed E-state index contributed by atoms with van der Waals surface area (Å²) in [6, 6.07) is 8.41. The number of nitrogens with zero attached hydrogens (tertiary/aromatic N) is 1. The molecule has 0 saturated heterocycles. The van der Waals surface area contributed by atoms with Gasteiger partial charge >= 0.3 is 0 Å². The van der Waals surface area contributed by atoms with Gasteiger partial charge in [0.15, 0.2) is 34.7 Å². The summed E-state index contributed by atoms with van der Waals surface area (Å²) in [5.74, 6) is -11.5. The monoisotopic (exact) mass is 695 g/mol.